The molecule has 0 amide bonds. The SMILES string of the molecule is C=C/C(=C\C=C/C)C1=CC(c2cc(Cl)ccc2Cl)=C(c2nc3ccccc3[nH]2)C[C@H]1C. The molecule has 1 aliphatic carbocycles. The van der Waals surface area contributed by atoms with E-state index in [2.05, 4.69) is 30.6 Å². The average Bonchev–Trinajstić information content (AvgIpc) is 3.21. The fourth-order valence-corrected chi connectivity index (χ4v) is 4.42. The number of H-pyrrole nitrogens is 1. The smallest absolute Gasteiger partial charge is 0.135 e. The Morgan fingerprint density at radius 2 is 2.00 bits per heavy atom. The summed E-state index contributed by atoms with van der Waals surface area (Å²) in [6.07, 6.45) is 11.1. The molecule has 31 heavy (non-hydrogen) atoms. The molecule has 0 radical (unpaired) electrons. The summed E-state index contributed by atoms with van der Waals surface area (Å²) < 4.78 is 0. The van der Waals surface area contributed by atoms with E-state index in [0.717, 1.165) is 45.6 Å². The quantitative estimate of drug-likeness (QED) is 0.391. The van der Waals surface area contributed by atoms with E-state index in [1.54, 1.807) is 0 Å². The van der Waals surface area contributed by atoms with Gasteiger partial charge in [-0.1, -0.05) is 73.1 Å². The molecule has 4 heteroatoms. The highest BCUT2D eigenvalue weighted by atomic mass is 35.5. The van der Waals surface area contributed by atoms with Gasteiger partial charge in [0.25, 0.3) is 0 Å². The zero-order valence-electron chi connectivity index (χ0n) is 17.6. The Morgan fingerprint density at radius 3 is 2.74 bits per heavy atom. The van der Waals surface area contributed by atoms with Gasteiger partial charge in [0.15, 0.2) is 0 Å². The Kier molecular flexibility index (Phi) is 6.31. The molecule has 1 aromatic heterocycles. The second kappa shape index (κ2) is 9.13. The monoisotopic (exact) mass is 446 g/mol. The number of rotatable bonds is 5. The van der Waals surface area contributed by atoms with Gasteiger partial charge in [-0.2, -0.15) is 0 Å². The molecule has 0 unspecified atom stereocenters. The minimum Gasteiger partial charge on any atom is -0.338 e. The van der Waals surface area contributed by atoms with E-state index >= 15 is 0 Å². The fourth-order valence-electron chi connectivity index (χ4n) is 4.03. The molecule has 0 bridgehead atoms. The van der Waals surface area contributed by atoms with Gasteiger partial charge in [0.1, 0.15) is 5.82 Å². The van der Waals surface area contributed by atoms with Crippen molar-refractivity contribution in [2.24, 2.45) is 5.92 Å². The Morgan fingerprint density at radius 1 is 1.19 bits per heavy atom. The molecule has 3 aromatic rings. The maximum Gasteiger partial charge on any atom is 0.135 e. The van der Waals surface area contributed by atoms with Crippen molar-refractivity contribution in [3.63, 3.8) is 0 Å². The largest absolute Gasteiger partial charge is 0.338 e. The predicted molar refractivity (Wildman–Crippen MR) is 134 cm³/mol. The van der Waals surface area contributed by atoms with Crippen LogP contribution in [0, 0.1) is 5.92 Å². The minimum atomic E-state index is 0.291. The second-order valence-electron chi connectivity index (χ2n) is 7.68. The number of aromatic nitrogens is 2. The number of allylic oxidation sites excluding steroid dienone is 9. The van der Waals surface area contributed by atoms with Crippen LogP contribution in [0.15, 0.2) is 90.6 Å². The highest BCUT2D eigenvalue weighted by Crippen LogP contribution is 2.43. The lowest BCUT2D eigenvalue weighted by Crippen LogP contribution is -2.10. The van der Waals surface area contributed by atoms with E-state index in [-0.39, 0.29) is 0 Å². The Bertz CT molecular complexity index is 1240. The van der Waals surface area contributed by atoms with E-state index in [9.17, 15) is 0 Å². The zero-order valence-corrected chi connectivity index (χ0v) is 19.1. The molecule has 2 aromatic carbocycles. The van der Waals surface area contributed by atoms with Crippen LogP contribution in [0.1, 0.15) is 31.7 Å². The lowest BCUT2D eigenvalue weighted by molar-refractivity contribution is 0.708. The summed E-state index contributed by atoms with van der Waals surface area (Å²) in [5.74, 6) is 1.16. The number of hydrogen-bond acceptors (Lipinski definition) is 1. The van der Waals surface area contributed by atoms with E-state index in [4.69, 9.17) is 28.2 Å². The van der Waals surface area contributed by atoms with E-state index in [1.807, 2.05) is 67.6 Å². The van der Waals surface area contributed by atoms with Crippen LogP contribution in [-0.4, -0.2) is 9.97 Å². The van der Waals surface area contributed by atoms with Crippen molar-refractivity contribution < 1.29 is 0 Å². The lowest BCUT2D eigenvalue weighted by Gasteiger charge is -2.26. The van der Waals surface area contributed by atoms with Crippen LogP contribution in [0.2, 0.25) is 10.0 Å². The molecule has 2 nitrogen and oxygen atoms in total. The Balaban J connectivity index is 1.98. The first-order chi connectivity index (χ1) is 15.0. The molecule has 0 saturated carbocycles. The van der Waals surface area contributed by atoms with Crippen molar-refractivity contribution in [2.45, 2.75) is 20.3 Å². The number of imidazole rings is 1. The molecule has 156 valence electrons. The van der Waals surface area contributed by atoms with Crippen molar-refractivity contribution in [3.8, 4) is 0 Å². The minimum absolute atomic E-state index is 0.291. The number of benzene rings is 2. The predicted octanol–water partition coefficient (Wildman–Crippen LogP) is 8.44. The van der Waals surface area contributed by atoms with Gasteiger partial charge >= 0.3 is 0 Å². The van der Waals surface area contributed by atoms with Gasteiger partial charge in [0.05, 0.1) is 11.0 Å². The number of hydrogen-bond donors (Lipinski definition) is 1. The van der Waals surface area contributed by atoms with Crippen molar-refractivity contribution in [1.82, 2.24) is 9.97 Å². The fraction of sp³-hybridized carbons (Fsp3) is 0.148. The molecule has 0 aliphatic heterocycles. The number of para-hydroxylation sites is 2. The van der Waals surface area contributed by atoms with Crippen molar-refractivity contribution in [2.75, 3.05) is 0 Å². The number of nitrogens with one attached hydrogen (secondary N) is 1. The number of aromatic amines is 1. The van der Waals surface area contributed by atoms with Gasteiger partial charge in [-0.15, -0.1) is 0 Å². The molecule has 1 atom stereocenters. The highest BCUT2D eigenvalue weighted by molar-refractivity contribution is 6.35. The van der Waals surface area contributed by atoms with Gasteiger partial charge < -0.3 is 4.98 Å². The molecular formula is C27H24Cl2N2. The van der Waals surface area contributed by atoms with E-state index < -0.39 is 0 Å². The van der Waals surface area contributed by atoms with Crippen LogP contribution in [0.3, 0.4) is 0 Å². The van der Waals surface area contributed by atoms with E-state index in [0.29, 0.717) is 16.0 Å². The summed E-state index contributed by atoms with van der Waals surface area (Å²) in [6.45, 7) is 8.27. The van der Waals surface area contributed by atoms with Crippen LogP contribution >= 0.6 is 23.2 Å². The van der Waals surface area contributed by atoms with Crippen LogP contribution in [0.25, 0.3) is 22.2 Å². The molecule has 1 aliphatic rings. The zero-order chi connectivity index (χ0) is 22.0. The van der Waals surface area contributed by atoms with Crippen LogP contribution in [0.4, 0.5) is 0 Å². The third-order valence-corrected chi connectivity index (χ3v) is 6.15. The van der Waals surface area contributed by atoms with Crippen molar-refractivity contribution in [3.05, 3.63) is 112 Å². The highest BCUT2D eigenvalue weighted by Gasteiger charge is 2.26. The van der Waals surface area contributed by atoms with Crippen LogP contribution in [-0.2, 0) is 0 Å². The number of nitrogens with zero attached hydrogens (tertiary/aromatic N) is 1. The summed E-state index contributed by atoms with van der Waals surface area (Å²) in [4.78, 5) is 8.37. The molecule has 1 N–H and O–H groups in total. The maximum atomic E-state index is 6.64. The molecule has 0 saturated heterocycles. The summed E-state index contributed by atoms with van der Waals surface area (Å²) in [7, 11) is 0. The Hall–Kier alpha value is -2.81. The normalized spacial score (nSPS) is 17.5. The molecule has 0 spiro atoms. The average molecular weight is 447 g/mol. The summed E-state index contributed by atoms with van der Waals surface area (Å²) in [6, 6.07) is 13.7. The number of fused-ring (bicyclic) bond motifs is 1. The number of halogens is 2. The van der Waals surface area contributed by atoms with Gasteiger partial charge in [0, 0.05) is 21.2 Å². The van der Waals surface area contributed by atoms with Gasteiger partial charge in [0.2, 0.25) is 0 Å². The first kappa shape index (κ1) is 21.4. The summed E-state index contributed by atoms with van der Waals surface area (Å²) >= 11 is 13.0. The van der Waals surface area contributed by atoms with Crippen molar-refractivity contribution in [1.29, 1.82) is 0 Å². The maximum absolute atomic E-state index is 6.64. The Labute approximate surface area is 193 Å². The first-order valence-corrected chi connectivity index (χ1v) is 11.1. The molecule has 0 fully saturated rings. The van der Waals surface area contributed by atoms with E-state index in [1.165, 1.54) is 5.57 Å². The lowest BCUT2D eigenvalue weighted by atomic mass is 9.79. The topological polar surface area (TPSA) is 28.7 Å². The van der Waals surface area contributed by atoms with Crippen LogP contribution in [0.5, 0.6) is 0 Å². The van der Waals surface area contributed by atoms with Crippen molar-refractivity contribution >= 4 is 45.4 Å². The summed E-state index contributed by atoms with van der Waals surface area (Å²) in [5, 5.41) is 1.31. The first-order valence-electron chi connectivity index (χ1n) is 10.3. The van der Waals surface area contributed by atoms with Crippen LogP contribution < -0.4 is 0 Å². The second-order valence-corrected chi connectivity index (χ2v) is 8.52. The molecular weight excluding hydrogens is 423 g/mol. The third kappa shape index (κ3) is 4.32. The molecule has 1 heterocycles. The molecule has 4 rings (SSSR count). The van der Waals surface area contributed by atoms with Gasteiger partial charge in [-0.3, -0.25) is 0 Å². The third-order valence-electron chi connectivity index (χ3n) is 5.58. The van der Waals surface area contributed by atoms with Gasteiger partial charge in [-0.05, 0) is 72.4 Å². The summed E-state index contributed by atoms with van der Waals surface area (Å²) in [5.41, 5.74) is 7.36. The van der Waals surface area contributed by atoms with Gasteiger partial charge in [-0.25, -0.2) is 4.98 Å². The standard InChI is InChI=1S/C27H24Cl2N2/c1-4-6-9-18(5-2)20-16-21(22-15-19(28)12-13-24(22)29)23(14-17(20)3)27-30-25-10-7-8-11-26(25)31-27/h4-13,15-17H,2,14H2,1,3H3,(H,30,31)/b6-4-,18-9+/t17-/m1/s1.